The van der Waals surface area contributed by atoms with Crippen LogP contribution in [0.4, 0.5) is 0 Å². The third-order valence-electron chi connectivity index (χ3n) is 5.17. The number of aromatic amines is 1. The van der Waals surface area contributed by atoms with Crippen LogP contribution in [-0.2, 0) is 20.7 Å². The van der Waals surface area contributed by atoms with E-state index in [0.717, 1.165) is 21.4 Å². The van der Waals surface area contributed by atoms with E-state index in [9.17, 15) is 19.2 Å². The van der Waals surface area contributed by atoms with Crippen LogP contribution in [0.1, 0.15) is 32.7 Å². The maximum absolute atomic E-state index is 12.3. The topological polar surface area (TPSA) is 109 Å². The molecule has 0 saturated heterocycles. The van der Waals surface area contributed by atoms with Gasteiger partial charge < -0.3 is 15.0 Å². The van der Waals surface area contributed by atoms with Crippen molar-refractivity contribution < 1.29 is 23.9 Å². The van der Waals surface area contributed by atoms with Gasteiger partial charge in [-0.05, 0) is 30.2 Å². The number of hydrogen-bond acceptors (Lipinski definition) is 5. The SMILES string of the molecule is O=C(COC(=O)CCN1C(=O)c2ccccc2C1=O)NCCc1c[nH]c2ccccc12. The lowest BCUT2D eigenvalue weighted by Gasteiger charge is -2.13. The number of carbonyl (C=O) groups excluding carboxylic acids is 4. The Hall–Kier alpha value is -3.94. The van der Waals surface area contributed by atoms with Crippen LogP contribution in [-0.4, -0.2) is 53.3 Å². The fourth-order valence-corrected chi connectivity index (χ4v) is 3.59. The first-order chi connectivity index (χ1) is 15.0. The maximum Gasteiger partial charge on any atom is 0.308 e. The Labute approximate surface area is 178 Å². The second-order valence-electron chi connectivity index (χ2n) is 7.18. The molecule has 2 heterocycles. The van der Waals surface area contributed by atoms with Crippen molar-refractivity contribution in [2.75, 3.05) is 19.7 Å². The second kappa shape index (κ2) is 8.83. The van der Waals surface area contributed by atoms with Crippen LogP contribution >= 0.6 is 0 Å². The van der Waals surface area contributed by atoms with Gasteiger partial charge in [0.25, 0.3) is 17.7 Å². The van der Waals surface area contributed by atoms with Gasteiger partial charge in [0.2, 0.25) is 0 Å². The predicted molar refractivity (Wildman–Crippen MR) is 112 cm³/mol. The van der Waals surface area contributed by atoms with Crippen molar-refractivity contribution in [3.63, 3.8) is 0 Å². The molecule has 2 N–H and O–H groups in total. The Morgan fingerprint density at radius 2 is 1.65 bits per heavy atom. The fraction of sp³-hybridized carbons (Fsp3) is 0.217. The molecule has 8 heteroatoms. The fourth-order valence-electron chi connectivity index (χ4n) is 3.59. The number of nitrogens with zero attached hydrogens (tertiary/aromatic N) is 1. The lowest BCUT2D eigenvalue weighted by atomic mass is 10.1. The molecule has 0 bridgehead atoms. The van der Waals surface area contributed by atoms with Gasteiger partial charge in [0.05, 0.1) is 17.5 Å². The van der Waals surface area contributed by atoms with Gasteiger partial charge in [0, 0.05) is 30.2 Å². The van der Waals surface area contributed by atoms with Crippen LogP contribution in [0.2, 0.25) is 0 Å². The summed E-state index contributed by atoms with van der Waals surface area (Å²) in [7, 11) is 0. The van der Waals surface area contributed by atoms with Crippen molar-refractivity contribution in [1.82, 2.24) is 15.2 Å². The Morgan fingerprint density at radius 3 is 2.39 bits per heavy atom. The molecule has 0 fully saturated rings. The van der Waals surface area contributed by atoms with Crippen LogP contribution in [0.15, 0.2) is 54.7 Å². The van der Waals surface area contributed by atoms with E-state index in [-0.39, 0.29) is 13.0 Å². The molecule has 0 spiro atoms. The molecule has 8 nitrogen and oxygen atoms in total. The molecule has 0 unspecified atom stereocenters. The highest BCUT2D eigenvalue weighted by atomic mass is 16.5. The van der Waals surface area contributed by atoms with E-state index in [2.05, 4.69) is 10.3 Å². The van der Waals surface area contributed by atoms with Crippen LogP contribution in [0.3, 0.4) is 0 Å². The number of carbonyl (C=O) groups is 4. The number of benzene rings is 2. The van der Waals surface area contributed by atoms with E-state index in [4.69, 9.17) is 4.74 Å². The van der Waals surface area contributed by atoms with Gasteiger partial charge in [0.1, 0.15) is 0 Å². The third-order valence-corrected chi connectivity index (χ3v) is 5.17. The molecule has 2 aromatic carbocycles. The van der Waals surface area contributed by atoms with Crippen molar-refractivity contribution in [2.45, 2.75) is 12.8 Å². The Kier molecular flexibility index (Phi) is 5.79. The zero-order chi connectivity index (χ0) is 21.8. The molecule has 1 aliphatic heterocycles. The first-order valence-electron chi connectivity index (χ1n) is 9.97. The number of aromatic nitrogens is 1. The quantitative estimate of drug-likeness (QED) is 0.429. The predicted octanol–water partition coefficient (Wildman–Crippen LogP) is 2.06. The number of fused-ring (bicyclic) bond motifs is 2. The molecular weight excluding hydrogens is 398 g/mol. The Bertz CT molecular complexity index is 1130. The minimum absolute atomic E-state index is 0.0899. The molecule has 0 atom stereocenters. The summed E-state index contributed by atoms with van der Waals surface area (Å²) in [6.07, 6.45) is 2.38. The van der Waals surface area contributed by atoms with Gasteiger partial charge in [-0.3, -0.25) is 24.1 Å². The number of esters is 1. The summed E-state index contributed by atoms with van der Waals surface area (Å²) in [6.45, 7) is -0.0878. The molecule has 4 rings (SSSR count). The Balaban J connectivity index is 1.18. The largest absolute Gasteiger partial charge is 0.456 e. The summed E-state index contributed by atoms with van der Waals surface area (Å²) in [5, 5.41) is 3.82. The first-order valence-corrected chi connectivity index (χ1v) is 9.97. The van der Waals surface area contributed by atoms with E-state index in [1.165, 1.54) is 0 Å². The van der Waals surface area contributed by atoms with E-state index >= 15 is 0 Å². The molecule has 0 aliphatic carbocycles. The number of H-pyrrole nitrogens is 1. The zero-order valence-corrected chi connectivity index (χ0v) is 16.7. The minimum atomic E-state index is -0.650. The monoisotopic (exact) mass is 419 g/mol. The van der Waals surface area contributed by atoms with Crippen molar-refractivity contribution >= 4 is 34.6 Å². The molecule has 1 aromatic heterocycles. The number of rotatable bonds is 8. The average Bonchev–Trinajstić information content (AvgIpc) is 3.30. The number of amides is 3. The average molecular weight is 419 g/mol. The van der Waals surface area contributed by atoms with E-state index in [1.54, 1.807) is 24.3 Å². The van der Waals surface area contributed by atoms with Crippen LogP contribution in [0, 0.1) is 0 Å². The maximum atomic E-state index is 12.3. The van der Waals surface area contributed by atoms with E-state index in [0.29, 0.717) is 24.1 Å². The molecule has 3 amide bonds. The summed E-state index contributed by atoms with van der Waals surface area (Å²) in [4.78, 5) is 52.6. The number of nitrogens with one attached hydrogen (secondary N) is 2. The molecule has 1 aliphatic rings. The van der Waals surface area contributed by atoms with Gasteiger partial charge in [0.15, 0.2) is 6.61 Å². The zero-order valence-electron chi connectivity index (χ0n) is 16.7. The summed E-state index contributed by atoms with van der Waals surface area (Å²) >= 11 is 0. The third kappa shape index (κ3) is 4.32. The highest BCUT2D eigenvalue weighted by molar-refractivity contribution is 6.21. The van der Waals surface area contributed by atoms with Crippen LogP contribution in [0.25, 0.3) is 10.9 Å². The molecular formula is C23H21N3O5. The normalized spacial score (nSPS) is 12.8. The van der Waals surface area contributed by atoms with Gasteiger partial charge in [-0.25, -0.2) is 0 Å². The highest BCUT2D eigenvalue weighted by Gasteiger charge is 2.35. The summed E-state index contributed by atoms with van der Waals surface area (Å²) < 4.78 is 4.96. The Morgan fingerprint density at radius 1 is 0.968 bits per heavy atom. The van der Waals surface area contributed by atoms with Gasteiger partial charge >= 0.3 is 5.97 Å². The van der Waals surface area contributed by atoms with Crippen molar-refractivity contribution in [3.05, 3.63) is 71.4 Å². The van der Waals surface area contributed by atoms with Gasteiger partial charge in [-0.2, -0.15) is 0 Å². The molecule has 0 saturated carbocycles. The highest BCUT2D eigenvalue weighted by Crippen LogP contribution is 2.22. The molecule has 158 valence electrons. The summed E-state index contributed by atoms with van der Waals surface area (Å²) in [5.74, 6) is -1.91. The number of ether oxygens (including phenoxy) is 1. The smallest absolute Gasteiger partial charge is 0.308 e. The van der Waals surface area contributed by atoms with E-state index in [1.807, 2.05) is 30.5 Å². The minimum Gasteiger partial charge on any atom is -0.456 e. The second-order valence-corrected chi connectivity index (χ2v) is 7.18. The van der Waals surface area contributed by atoms with Gasteiger partial charge in [-0.15, -0.1) is 0 Å². The molecule has 31 heavy (non-hydrogen) atoms. The van der Waals surface area contributed by atoms with Crippen molar-refractivity contribution in [3.8, 4) is 0 Å². The lowest BCUT2D eigenvalue weighted by molar-refractivity contribution is -0.148. The van der Waals surface area contributed by atoms with Crippen molar-refractivity contribution in [2.24, 2.45) is 0 Å². The summed E-state index contributed by atoms with van der Waals surface area (Å²) in [6, 6.07) is 14.4. The number of hydrogen-bond donors (Lipinski definition) is 2. The summed E-state index contributed by atoms with van der Waals surface area (Å²) in [5.41, 5.74) is 2.79. The van der Waals surface area contributed by atoms with Crippen molar-refractivity contribution in [1.29, 1.82) is 0 Å². The van der Waals surface area contributed by atoms with E-state index < -0.39 is 30.3 Å². The lowest BCUT2D eigenvalue weighted by Crippen LogP contribution is -2.33. The van der Waals surface area contributed by atoms with Crippen LogP contribution in [0.5, 0.6) is 0 Å². The molecule has 3 aromatic rings. The first kappa shape index (κ1) is 20.3. The molecule has 0 radical (unpaired) electrons. The standard InChI is InChI=1S/C23H21N3O5/c27-20(24-11-9-15-13-25-19-8-4-3-5-16(15)19)14-31-21(28)10-12-26-22(29)17-6-1-2-7-18(17)23(26)30/h1-8,13,25H,9-12,14H2,(H,24,27). The number of para-hydroxylation sites is 1. The number of imide groups is 1. The van der Waals surface area contributed by atoms with Crippen LogP contribution < -0.4 is 5.32 Å². The van der Waals surface area contributed by atoms with Gasteiger partial charge in [-0.1, -0.05) is 30.3 Å².